The molecule has 1 heteroatoms. The molecule has 1 aromatic rings. The summed E-state index contributed by atoms with van der Waals surface area (Å²) in [6.07, 6.45) is 8.28. The lowest BCUT2D eigenvalue weighted by molar-refractivity contribution is 0.885. The van der Waals surface area contributed by atoms with Gasteiger partial charge in [-0.05, 0) is 37.1 Å². The van der Waals surface area contributed by atoms with E-state index in [0.717, 1.165) is 0 Å². The van der Waals surface area contributed by atoms with Crippen LogP contribution in [0, 0.1) is 0 Å². The van der Waals surface area contributed by atoms with Crippen LogP contribution in [-0.2, 0) is 6.42 Å². The number of aryl methyl sites for hydroxylation is 1. The molecule has 1 aromatic carbocycles. The van der Waals surface area contributed by atoms with E-state index in [1.807, 2.05) is 0 Å². The summed E-state index contributed by atoms with van der Waals surface area (Å²) in [5, 5.41) is 0. The summed E-state index contributed by atoms with van der Waals surface area (Å²) in [6, 6.07) is 10.8. The molecule has 0 aromatic heterocycles. The maximum absolute atomic E-state index is 2.27. The fourth-order valence-electron chi connectivity index (χ4n) is 1.49. The van der Waals surface area contributed by atoms with Gasteiger partial charge in [0.15, 0.2) is 0 Å². The first-order valence-electron chi connectivity index (χ1n) is 5.68. The van der Waals surface area contributed by atoms with Crippen molar-refractivity contribution in [2.45, 2.75) is 32.6 Å². The number of unbranched alkanes of at least 4 members (excludes halogenated alkanes) is 1. The second-order valence-electron chi connectivity index (χ2n) is 3.69. The Bertz CT molecular complexity index is 218. The van der Waals surface area contributed by atoms with Crippen molar-refractivity contribution in [1.29, 1.82) is 0 Å². The normalized spacial score (nSPS) is 11.2. The van der Waals surface area contributed by atoms with E-state index < -0.39 is 0 Å². The maximum atomic E-state index is 2.27. The Hall–Kier alpha value is -0.350. The van der Waals surface area contributed by atoms with E-state index in [1.165, 1.54) is 52.2 Å². The molecule has 0 fully saturated rings. The van der Waals surface area contributed by atoms with Crippen LogP contribution in [0.3, 0.4) is 0 Å². The van der Waals surface area contributed by atoms with Crippen LogP contribution in [0.4, 0.5) is 0 Å². The van der Waals surface area contributed by atoms with E-state index in [4.69, 9.17) is 0 Å². The molecule has 0 N–H and O–H groups in total. The molecule has 0 radical (unpaired) electrons. The Labute approximate surface area is 89.9 Å². The van der Waals surface area contributed by atoms with Gasteiger partial charge in [0.2, 0.25) is 0 Å². The molecule has 0 aliphatic carbocycles. The topological polar surface area (TPSA) is 0 Å². The van der Waals surface area contributed by atoms with Crippen LogP contribution < -0.4 is 0 Å². The summed E-state index contributed by atoms with van der Waals surface area (Å²) in [7, 11) is 1.19. The molecule has 1 rings (SSSR count). The molecule has 0 nitrogen and oxygen atoms in total. The summed E-state index contributed by atoms with van der Waals surface area (Å²) in [4.78, 5) is 0. The van der Waals surface area contributed by atoms with E-state index >= 15 is 0 Å². The smallest absolute Gasteiger partial charge is 0.0276 e. The van der Waals surface area contributed by atoms with Gasteiger partial charge in [0.1, 0.15) is 0 Å². The van der Waals surface area contributed by atoms with Gasteiger partial charge in [-0.1, -0.05) is 43.7 Å². The first-order chi connectivity index (χ1) is 6.93. The summed E-state index contributed by atoms with van der Waals surface area (Å²) in [5.41, 5.74) is 1.49. The molecule has 0 saturated carbocycles. The Balaban J connectivity index is 1.99. The highest BCUT2D eigenvalue weighted by atomic mass is 31.1. The first kappa shape index (κ1) is 11.7. The molecular formula is C13H21P. The lowest BCUT2D eigenvalue weighted by Gasteiger charge is -2.01. The molecule has 14 heavy (non-hydrogen) atoms. The Kier molecular flexibility index (Phi) is 6.70. The third kappa shape index (κ3) is 5.40. The maximum Gasteiger partial charge on any atom is -0.0276 e. The largest absolute Gasteiger partial charge is 0.122 e. The average Bonchev–Trinajstić information content (AvgIpc) is 2.25. The summed E-state index contributed by atoms with van der Waals surface area (Å²) < 4.78 is 0. The van der Waals surface area contributed by atoms with Gasteiger partial charge >= 0.3 is 0 Å². The van der Waals surface area contributed by atoms with Crippen LogP contribution in [0.2, 0.25) is 0 Å². The molecule has 0 spiro atoms. The van der Waals surface area contributed by atoms with Crippen LogP contribution in [0.25, 0.3) is 0 Å². The Morgan fingerprint density at radius 1 is 1.00 bits per heavy atom. The predicted molar refractivity (Wildman–Crippen MR) is 67.7 cm³/mol. The van der Waals surface area contributed by atoms with Gasteiger partial charge in [0.05, 0.1) is 0 Å². The van der Waals surface area contributed by atoms with E-state index in [9.17, 15) is 0 Å². The third-order valence-corrected chi connectivity index (χ3v) is 3.78. The molecule has 0 aliphatic heterocycles. The van der Waals surface area contributed by atoms with Crippen molar-refractivity contribution in [1.82, 2.24) is 0 Å². The van der Waals surface area contributed by atoms with Crippen LogP contribution in [-0.4, -0.2) is 12.3 Å². The second-order valence-corrected chi connectivity index (χ2v) is 5.19. The van der Waals surface area contributed by atoms with Crippen molar-refractivity contribution < 1.29 is 0 Å². The molecule has 1 unspecified atom stereocenters. The van der Waals surface area contributed by atoms with Gasteiger partial charge in [0.25, 0.3) is 0 Å². The molecule has 0 saturated heterocycles. The van der Waals surface area contributed by atoms with Gasteiger partial charge in [0, 0.05) is 0 Å². The van der Waals surface area contributed by atoms with Crippen LogP contribution in [0.15, 0.2) is 30.3 Å². The Morgan fingerprint density at radius 2 is 1.71 bits per heavy atom. The van der Waals surface area contributed by atoms with Crippen molar-refractivity contribution in [3.8, 4) is 0 Å². The summed E-state index contributed by atoms with van der Waals surface area (Å²) in [5.74, 6) is 0. The van der Waals surface area contributed by atoms with Crippen molar-refractivity contribution in [2.24, 2.45) is 0 Å². The van der Waals surface area contributed by atoms with Crippen molar-refractivity contribution in [3.63, 3.8) is 0 Å². The van der Waals surface area contributed by atoms with E-state index in [1.54, 1.807) is 0 Å². The standard InChI is InChI=1S/C13H21P/c1-2-3-11-14-12-7-10-13-8-5-4-6-9-13/h4-6,8-9,14H,2-3,7,10-12H2,1H3. The van der Waals surface area contributed by atoms with Crippen molar-refractivity contribution >= 4 is 8.58 Å². The van der Waals surface area contributed by atoms with Crippen LogP contribution in [0.5, 0.6) is 0 Å². The number of rotatable bonds is 7. The third-order valence-electron chi connectivity index (χ3n) is 2.37. The summed E-state index contributed by atoms with van der Waals surface area (Å²) >= 11 is 0. The monoisotopic (exact) mass is 208 g/mol. The SMILES string of the molecule is CCCCPCCCc1ccccc1. The van der Waals surface area contributed by atoms with Crippen LogP contribution >= 0.6 is 8.58 Å². The van der Waals surface area contributed by atoms with E-state index in [0.29, 0.717) is 0 Å². The molecule has 1 atom stereocenters. The highest BCUT2D eigenvalue weighted by Gasteiger charge is 1.92. The highest BCUT2D eigenvalue weighted by molar-refractivity contribution is 7.37. The zero-order valence-electron chi connectivity index (χ0n) is 9.13. The lowest BCUT2D eigenvalue weighted by Crippen LogP contribution is -1.87. The molecular weight excluding hydrogens is 187 g/mol. The average molecular weight is 208 g/mol. The van der Waals surface area contributed by atoms with Gasteiger partial charge < -0.3 is 0 Å². The lowest BCUT2D eigenvalue weighted by atomic mass is 10.1. The van der Waals surface area contributed by atoms with Gasteiger partial charge in [-0.3, -0.25) is 0 Å². The number of benzene rings is 1. The zero-order chi connectivity index (χ0) is 10.1. The minimum Gasteiger partial charge on any atom is -0.122 e. The molecule has 0 heterocycles. The zero-order valence-corrected chi connectivity index (χ0v) is 10.1. The highest BCUT2D eigenvalue weighted by Crippen LogP contribution is 2.15. The van der Waals surface area contributed by atoms with Gasteiger partial charge in [-0.15, -0.1) is 8.58 Å². The van der Waals surface area contributed by atoms with E-state index in [2.05, 4.69) is 37.3 Å². The summed E-state index contributed by atoms with van der Waals surface area (Å²) in [6.45, 7) is 2.27. The quantitative estimate of drug-likeness (QED) is 0.467. The first-order valence-corrected chi connectivity index (χ1v) is 7.09. The molecule has 0 amide bonds. The van der Waals surface area contributed by atoms with Gasteiger partial charge in [-0.2, -0.15) is 0 Å². The molecule has 0 bridgehead atoms. The fourth-order valence-corrected chi connectivity index (χ4v) is 2.77. The minimum atomic E-state index is 1.19. The van der Waals surface area contributed by atoms with Crippen molar-refractivity contribution in [2.75, 3.05) is 12.3 Å². The molecule has 78 valence electrons. The van der Waals surface area contributed by atoms with Crippen LogP contribution in [0.1, 0.15) is 31.7 Å². The van der Waals surface area contributed by atoms with E-state index in [-0.39, 0.29) is 0 Å². The van der Waals surface area contributed by atoms with Gasteiger partial charge in [-0.25, -0.2) is 0 Å². The Morgan fingerprint density at radius 3 is 2.43 bits per heavy atom. The molecule has 0 aliphatic rings. The van der Waals surface area contributed by atoms with Crippen molar-refractivity contribution in [3.05, 3.63) is 35.9 Å². The minimum absolute atomic E-state index is 1.19. The predicted octanol–water partition coefficient (Wildman–Crippen LogP) is 4.10. The number of hydrogen-bond donors (Lipinski definition) is 0. The number of hydrogen-bond acceptors (Lipinski definition) is 0. The second kappa shape index (κ2) is 8.00. The fraction of sp³-hybridized carbons (Fsp3) is 0.538.